The number of rotatable bonds is 13. The molecule has 0 aliphatic heterocycles. The molecule has 2 aromatic carbocycles. The molecule has 0 atom stereocenters. The third-order valence-corrected chi connectivity index (χ3v) is 14.7. The number of aliphatic hydroxyl groups excluding tert-OH is 3. The number of aliphatic hydroxyl groups is 3. The molecule has 3 fully saturated rings. The summed E-state index contributed by atoms with van der Waals surface area (Å²) in [5.74, 6) is 2.70. The summed E-state index contributed by atoms with van der Waals surface area (Å²) in [5, 5.41) is 59.8. The summed E-state index contributed by atoms with van der Waals surface area (Å²) in [5.41, 5.74) is 12.9. The standard InChI is InChI=1S/C23H25N5O.C15H17ClN4O.C10H13BrClN3O.C8H9N.C5H6BNO2.Li.H2O/c1-2-16-6-8-18(9-7-16)27-23-25-15-20(21-5-3-4-14-24-21)22(28-23)26-17-10-12-19(29)13-11-17;16-15-18-9-12(13-3-1-2-8-17-13)14(20-15)19-10-4-6-11(21)7-5-10;11-8-5-13-10(12)15-9(8)14-6-1-3-7(16)4-2-6;1-2-7-3-5-8(9)6-4-7;8-6(9)5-3-1-2-4-7-5;;/h2-9,14-15,17,19,29H,1,10-13H2,(H2,25,26,27,28);1-3,8-11,21H,4-7H2,(H,18,19,20);5-7,16H,1-4H2,(H,13,14,15);2-6H,1,9H2;1-4,8-9H;;1H2/q;;;;;+1;/p-1. The van der Waals surface area contributed by atoms with Crippen molar-refractivity contribution in [2.45, 2.75) is 113 Å². The van der Waals surface area contributed by atoms with Gasteiger partial charge in [0, 0.05) is 66.7 Å². The van der Waals surface area contributed by atoms with E-state index in [1.165, 1.54) is 6.20 Å². The zero-order chi connectivity index (χ0) is 59.6. The molecule has 86 heavy (non-hydrogen) atoms. The van der Waals surface area contributed by atoms with Crippen LogP contribution in [0.4, 0.5) is 34.8 Å². The number of benzene rings is 2. The maximum Gasteiger partial charge on any atom is 1.00 e. The van der Waals surface area contributed by atoms with Gasteiger partial charge in [-0.1, -0.05) is 67.8 Å². The van der Waals surface area contributed by atoms with Crippen LogP contribution >= 0.6 is 39.1 Å². The molecule has 6 heterocycles. The van der Waals surface area contributed by atoms with Gasteiger partial charge in [-0.25, -0.2) is 19.9 Å². The van der Waals surface area contributed by atoms with Crippen molar-refractivity contribution >= 4 is 98.8 Å². The van der Waals surface area contributed by atoms with E-state index in [2.05, 4.69) is 90.2 Å². The van der Waals surface area contributed by atoms with Crippen LogP contribution in [0.25, 0.3) is 34.7 Å². The van der Waals surface area contributed by atoms with Crippen LogP contribution < -0.4 is 51.5 Å². The zero-order valence-corrected chi connectivity index (χ0v) is 50.9. The number of nitrogens with two attached hydrogens (primary N) is 1. The van der Waals surface area contributed by atoms with Gasteiger partial charge >= 0.3 is 26.0 Å². The van der Waals surface area contributed by atoms with Gasteiger partial charge in [-0.15, -0.1) is 0 Å². The maximum absolute atomic E-state index is 9.79. The average Bonchev–Trinajstić information content (AvgIpc) is 3.69. The molecule has 0 amide bonds. The minimum Gasteiger partial charge on any atom is -0.870 e. The van der Waals surface area contributed by atoms with Crippen molar-refractivity contribution in [1.82, 2.24) is 44.9 Å². The van der Waals surface area contributed by atoms with E-state index in [1.807, 2.05) is 91.0 Å². The Balaban J connectivity index is 0.000000209. The number of hydrogen-bond acceptors (Lipinski definition) is 20. The minimum absolute atomic E-state index is 0. The molecule has 446 valence electrons. The van der Waals surface area contributed by atoms with Gasteiger partial charge in [-0.3, -0.25) is 15.0 Å². The summed E-state index contributed by atoms with van der Waals surface area (Å²) in [6, 6.07) is 32.9. The van der Waals surface area contributed by atoms with E-state index in [0.29, 0.717) is 23.8 Å². The smallest absolute Gasteiger partial charge is 0.870 e. The van der Waals surface area contributed by atoms with Crippen LogP contribution in [0, 0.1) is 0 Å². The Kier molecular flexibility index (Phi) is 30.0. The van der Waals surface area contributed by atoms with Crippen molar-refractivity contribution in [1.29, 1.82) is 0 Å². The van der Waals surface area contributed by atoms with Gasteiger partial charge < -0.3 is 57.8 Å². The van der Waals surface area contributed by atoms with Gasteiger partial charge in [0.2, 0.25) is 16.5 Å². The second-order valence-corrected chi connectivity index (χ2v) is 21.6. The minimum atomic E-state index is -1.45. The van der Waals surface area contributed by atoms with Gasteiger partial charge in [0.05, 0.1) is 50.9 Å². The van der Waals surface area contributed by atoms with Crippen LogP contribution in [0.3, 0.4) is 0 Å². The number of anilines is 6. The molecule has 6 aromatic heterocycles. The normalized spacial score (nSPS) is 18.3. The Morgan fingerprint density at radius 1 is 0.512 bits per heavy atom. The third-order valence-electron chi connectivity index (χ3n) is 13.8. The summed E-state index contributed by atoms with van der Waals surface area (Å²) in [6.45, 7) is 7.40. The Hall–Kier alpha value is -6.91. The van der Waals surface area contributed by atoms with Crippen molar-refractivity contribution in [3.8, 4) is 22.5 Å². The first-order valence-electron chi connectivity index (χ1n) is 27.7. The first kappa shape index (κ1) is 69.9. The Labute approximate surface area is 532 Å². The molecule has 0 bridgehead atoms. The number of pyridine rings is 3. The van der Waals surface area contributed by atoms with Crippen molar-refractivity contribution in [2.24, 2.45) is 0 Å². The van der Waals surface area contributed by atoms with E-state index in [4.69, 9.17) is 44.0 Å². The fourth-order valence-corrected chi connectivity index (χ4v) is 9.69. The van der Waals surface area contributed by atoms with E-state index in [9.17, 15) is 15.3 Å². The summed E-state index contributed by atoms with van der Waals surface area (Å²) >= 11 is 15.0. The number of hydrogen-bond donors (Lipinski definition) is 10. The zero-order valence-electron chi connectivity index (χ0n) is 47.8. The van der Waals surface area contributed by atoms with Crippen LogP contribution in [0.2, 0.25) is 10.6 Å². The van der Waals surface area contributed by atoms with Gasteiger partial charge in [0.15, 0.2) is 0 Å². The van der Waals surface area contributed by atoms with Crippen LogP contribution in [0.5, 0.6) is 0 Å². The Bertz CT molecular complexity index is 3250. The van der Waals surface area contributed by atoms with Crippen LogP contribution in [-0.2, 0) is 0 Å². The van der Waals surface area contributed by atoms with Gasteiger partial charge in [-0.05, 0) is 188 Å². The SMILES string of the molecule is C=Cc1ccc(N)cc1.C=Cc1ccc(Nc2ncc(-c3ccccn3)c(NC3CCC(O)CC3)n2)cc1.OB(O)c1ccccn1.OC1CCC(Nc2nc(Cl)ncc2-c2ccccn2)CC1.OC1CCC(Nc2nc(Cl)ncc2Br)CC1.[Li+].[OH-]. The molecule has 3 saturated carbocycles. The summed E-state index contributed by atoms with van der Waals surface area (Å²) in [7, 11) is -1.45. The number of nitrogen functional groups attached to an aromatic ring is 1. The number of halogens is 3. The Morgan fingerprint density at radius 2 is 0.919 bits per heavy atom. The molecule has 8 aromatic rings. The van der Waals surface area contributed by atoms with E-state index in [0.717, 1.165) is 138 Å². The number of aromatic nitrogens is 9. The van der Waals surface area contributed by atoms with Crippen molar-refractivity contribution in [3.05, 3.63) is 180 Å². The molecule has 0 radical (unpaired) electrons. The summed E-state index contributed by atoms with van der Waals surface area (Å²) in [4.78, 5) is 38.1. The molecule has 20 nitrogen and oxygen atoms in total. The molecule has 0 saturated heterocycles. The second-order valence-electron chi connectivity index (χ2n) is 20.0. The van der Waals surface area contributed by atoms with Crippen molar-refractivity contribution in [2.75, 3.05) is 27.0 Å². The summed E-state index contributed by atoms with van der Waals surface area (Å²) in [6.07, 6.45) is 23.7. The van der Waals surface area contributed by atoms with E-state index in [1.54, 1.807) is 55.3 Å². The van der Waals surface area contributed by atoms with Crippen LogP contribution in [-0.4, -0.2) is 119 Å². The first-order chi connectivity index (χ1) is 40.7. The molecule has 25 heteroatoms. The van der Waals surface area contributed by atoms with Crippen LogP contribution in [0.15, 0.2) is 158 Å². The molecular formula is C61H71BBrCl2LiN14O6. The molecule has 0 spiro atoms. The maximum atomic E-state index is 9.79. The number of nitrogens with one attached hydrogen (secondary N) is 4. The molecular weight excluding hydrogens is 1190 g/mol. The van der Waals surface area contributed by atoms with Gasteiger partial charge in [0.1, 0.15) is 17.5 Å². The van der Waals surface area contributed by atoms with E-state index in [-0.39, 0.29) is 64.9 Å². The van der Waals surface area contributed by atoms with E-state index < -0.39 is 7.12 Å². The largest absolute Gasteiger partial charge is 1.00 e. The number of nitrogens with zero attached hydrogens (tertiary/aromatic N) is 9. The van der Waals surface area contributed by atoms with Crippen molar-refractivity contribution in [3.63, 3.8) is 0 Å². The molecule has 3 aliphatic rings. The third kappa shape index (κ3) is 23.4. The predicted octanol–water partition coefficient (Wildman–Crippen LogP) is 7.66. The second kappa shape index (κ2) is 36.9. The average molecular weight is 1260 g/mol. The van der Waals surface area contributed by atoms with Gasteiger partial charge in [0.25, 0.3) is 0 Å². The molecule has 11 rings (SSSR count). The summed E-state index contributed by atoms with van der Waals surface area (Å²) < 4.78 is 0.808. The van der Waals surface area contributed by atoms with Crippen molar-refractivity contribution < 1.29 is 49.7 Å². The molecule has 0 unspecified atom stereocenters. The quantitative estimate of drug-likeness (QED) is 0.0301. The Morgan fingerprint density at radius 3 is 1.34 bits per heavy atom. The molecule has 3 aliphatic carbocycles. The topological polar surface area (TPSA) is 321 Å². The fraction of sp³-hybridized carbons (Fsp3) is 0.295. The fourth-order valence-electron chi connectivity index (χ4n) is 9.12. The van der Waals surface area contributed by atoms with E-state index >= 15 is 0 Å². The first-order valence-corrected chi connectivity index (χ1v) is 29.3. The van der Waals surface area contributed by atoms with Gasteiger partial charge in [-0.2, -0.15) is 9.97 Å². The monoisotopic (exact) mass is 1260 g/mol. The predicted molar refractivity (Wildman–Crippen MR) is 343 cm³/mol. The van der Waals surface area contributed by atoms with Crippen LogP contribution in [0.1, 0.15) is 88.2 Å². The molecule has 12 N–H and O–H groups in total.